The molecule has 3 nitrogen and oxygen atoms in total. The quantitative estimate of drug-likeness (QED) is 0.421. The molecule has 0 amide bonds. The molecule has 0 heterocycles. The van der Waals surface area contributed by atoms with Crippen LogP contribution in [0.1, 0.15) is 0 Å². The van der Waals surface area contributed by atoms with E-state index in [-0.39, 0.29) is 5.70 Å². The molecule has 0 fully saturated rings. The smallest absolute Gasteiger partial charge is 0.258 e. The summed E-state index contributed by atoms with van der Waals surface area (Å²) in [4.78, 5) is 9.83. The topological polar surface area (TPSA) is 43.1 Å². The molecule has 0 aliphatic heterocycles. The summed E-state index contributed by atoms with van der Waals surface area (Å²) in [6, 6.07) is 0. The third-order valence-corrected chi connectivity index (χ3v) is 1.19. The van der Waals surface area contributed by atoms with Crippen LogP contribution in [0.5, 0.6) is 0 Å². The lowest BCUT2D eigenvalue weighted by Gasteiger charge is -1.88. The first-order chi connectivity index (χ1) is 5.30. The van der Waals surface area contributed by atoms with Crippen molar-refractivity contribution in [2.24, 2.45) is 0 Å². The van der Waals surface area contributed by atoms with Crippen LogP contribution >= 0.6 is 0 Å². The SMILES string of the molecule is O=[N+]([O-])C1=CC=CC=CC=C1. The van der Waals surface area contributed by atoms with Gasteiger partial charge in [0.25, 0.3) is 5.70 Å². The van der Waals surface area contributed by atoms with Crippen molar-refractivity contribution in [1.82, 2.24) is 0 Å². The molecule has 56 valence electrons. The molecule has 11 heavy (non-hydrogen) atoms. The Kier molecular flexibility index (Phi) is 2.38. The summed E-state index contributed by atoms with van der Waals surface area (Å²) < 4.78 is 0. The number of rotatable bonds is 1. The molecule has 0 bridgehead atoms. The Hall–Kier alpha value is -1.64. The zero-order chi connectivity index (χ0) is 8.10. The van der Waals surface area contributed by atoms with Crippen molar-refractivity contribution in [3.63, 3.8) is 0 Å². The van der Waals surface area contributed by atoms with Crippen molar-refractivity contribution in [3.8, 4) is 0 Å². The maximum atomic E-state index is 10.2. The van der Waals surface area contributed by atoms with Gasteiger partial charge in [0.15, 0.2) is 0 Å². The summed E-state index contributed by atoms with van der Waals surface area (Å²) in [5.74, 6) is 0. The van der Waals surface area contributed by atoms with Gasteiger partial charge < -0.3 is 0 Å². The van der Waals surface area contributed by atoms with Crippen LogP contribution in [-0.4, -0.2) is 4.92 Å². The molecule has 0 radical (unpaired) electrons. The first-order valence-corrected chi connectivity index (χ1v) is 3.17. The van der Waals surface area contributed by atoms with Gasteiger partial charge in [0, 0.05) is 12.2 Å². The second-order valence-corrected chi connectivity index (χ2v) is 1.98. The molecule has 0 aromatic heterocycles. The maximum Gasteiger partial charge on any atom is 0.269 e. The Morgan fingerprint density at radius 1 is 1.09 bits per heavy atom. The van der Waals surface area contributed by atoms with Crippen molar-refractivity contribution >= 4 is 0 Å². The van der Waals surface area contributed by atoms with Gasteiger partial charge >= 0.3 is 0 Å². The van der Waals surface area contributed by atoms with Crippen LogP contribution in [0.25, 0.3) is 0 Å². The Labute approximate surface area is 64.2 Å². The van der Waals surface area contributed by atoms with Crippen LogP contribution in [-0.2, 0) is 0 Å². The van der Waals surface area contributed by atoms with E-state index < -0.39 is 4.92 Å². The first-order valence-electron chi connectivity index (χ1n) is 3.17. The van der Waals surface area contributed by atoms with Gasteiger partial charge in [0.2, 0.25) is 0 Å². The van der Waals surface area contributed by atoms with Gasteiger partial charge in [-0.2, -0.15) is 0 Å². The Balaban J connectivity index is 2.87. The van der Waals surface area contributed by atoms with E-state index in [4.69, 9.17) is 0 Å². The molecule has 1 aliphatic rings. The van der Waals surface area contributed by atoms with E-state index in [1.54, 1.807) is 24.3 Å². The summed E-state index contributed by atoms with van der Waals surface area (Å²) >= 11 is 0. The molecular formula is C8H7NO2. The molecule has 1 rings (SSSR count). The minimum atomic E-state index is -0.417. The highest BCUT2D eigenvalue weighted by atomic mass is 16.6. The molecule has 0 saturated carbocycles. The Morgan fingerprint density at radius 3 is 2.45 bits per heavy atom. The predicted octanol–water partition coefficient (Wildman–Crippen LogP) is 1.83. The van der Waals surface area contributed by atoms with Gasteiger partial charge in [0.05, 0.1) is 4.92 Å². The van der Waals surface area contributed by atoms with Crippen LogP contribution in [0.4, 0.5) is 0 Å². The molecule has 3 heteroatoms. The van der Waals surface area contributed by atoms with Gasteiger partial charge in [0.1, 0.15) is 0 Å². The summed E-state index contributed by atoms with van der Waals surface area (Å²) in [7, 11) is 0. The fourth-order valence-electron chi connectivity index (χ4n) is 0.678. The van der Waals surface area contributed by atoms with Gasteiger partial charge in [-0.05, 0) is 0 Å². The average Bonchev–Trinajstić information content (AvgIpc) is 1.84. The van der Waals surface area contributed by atoms with Gasteiger partial charge in [-0.1, -0.05) is 30.4 Å². The Morgan fingerprint density at radius 2 is 1.73 bits per heavy atom. The number of nitrogens with zero attached hydrogens (tertiary/aromatic N) is 1. The maximum absolute atomic E-state index is 10.2. The fourth-order valence-corrected chi connectivity index (χ4v) is 0.678. The molecule has 0 N–H and O–H groups in total. The fraction of sp³-hybridized carbons (Fsp3) is 0. The number of hydrogen-bond acceptors (Lipinski definition) is 2. The van der Waals surface area contributed by atoms with Crippen molar-refractivity contribution in [3.05, 3.63) is 58.3 Å². The molecule has 1 aliphatic carbocycles. The molecular weight excluding hydrogens is 142 g/mol. The second-order valence-electron chi connectivity index (χ2n) is 1.98. The highest BCUT2D eigenvalue weighted by molar-refractivity contribution is 5.26. The van der Waals surface area contributed by atoms with E-state index in [0.717, 1.165) is 0 Å². The lowest BCUT2D eigenvalue weighted by atomic mass is 10.3. The highest BCUT2D eigenvalue weighted by Gasteiger charge is 2.02. The summed E-state index contributed by atoms with van der Waals surface area (Å²) in [5, 5.41) is 10.2. The lowest BCUT2D eigenvalue weighted by molar-refractivity contribution is -0.419. The number of hydrogen-bond donors (Lipinski definition) is 0. The first kappa shape index (κ1) is 7.47. The molecule has 0 aromatic carbocycles. The largest absolute Gasteiger partial charge is 0.269 e. The zero-order valence-corrected chi connectivity index (χ0v) is 5.81. The van der Waals surface area contributed by atoms with Crippen molar-refractivity contribution in [2.45, 2.75) is 0 Å². The van der Waals surface area contributed by atoms with Gasteiger partial charge in [-0.15, -0.1) is 0 Å². The third-order valence-electron chi connectivity index (χ3n) is 1.19. The molecule has 0 unspecified atom stereocenters. The van der Waals surface area contributed by atoms with Crippen LogP contribution in [0, 0.1) is 10.1 Å². The van der Waals surface area contributed by atoms with E-state index in [1.165, 1.54) is 12.2 Å². The normalized spacial score (nSPS) is 15.5. The summed E-state index contributed by atoms with van der Waals surface area (Å²) in [6.07, 6.45) is 11.5. The van der Waals surface area contributed by atoms with Gasteiger partial charge in [-0.25, -0.2) is 0 Å². The monoisotopic (exact) mass is 149 g/mol. The molecule has 0 atom stereocenters. The van der Waals surface area contributed by atoms with Crippen LogP contribution < -0.4 is 0 Å². The van der Waals surface area contributed by atoms with E-state index in [2.05, 4.69) is 0 Å². The predicted molar refractivity (Wildman–Crippen MR) is 42.5 cm³/mol. The minimum absolute atomic E-state index is 0.102. The average molecular weight is 149 g/mol. The summed E-state index contributed by atoms with van der Waals surface area (Å²) in [6.45, 7) is 0. The third kappa shape index (κ3) is 2.21. The molecule has 0 aromatic rings. The van der Waals surface area contributed by atoms with E-state index in [1.807, 2.05) is 6.08 Å². The van der Waals surface area contributed by atoms with Crippen LogP contribution in [0.2, 0.25) is 0 Å². The zero-order valence-electron chi connectivity index (χ0n) is 5.81. The van der Waals surface area contributed by atoms with Crippen molar-refractivity contribution < 1.29 is 4.92 Å². The Bertz CT molecular complexity index is 272. The van der Waals surface area contributed by atoms with Crippen molar-refractivity contribution in [1.29, 1.82) is 0 Å². The molecule has 0 spiro atoms. The van der Waals surface area contributed by atoms with Gasteiger partial charge in [-0.3, -0.25) is 10.1 Å². The standard InChI is InChI=1S/C8H7NO2/c10-9(11)8-6-4-2-1-3-5-7-8/h1-7H. The minimum Gasteiger partial charge on any atom is -0.258 e. The number of allylic oxidation sites excluding steroid dienone is 7. The second kappa shape index (κ2) is 3.51. The van der Waals surface area contributed by atoms with E-state index >= 15 is 0 Å². The number of nitro groups is 1. The van der Waals surface area contributed by atoms with Crippen molar-refractivity contribution in [2.75, 3.05) is 0 Å². The summed E-state index contributed by atoms with van der Waals surface area (Å²) in [5.41, 5.74) is 0.102. The van der Waals surface area contributed by atoms with E-state index in [0.29, 0.717) is 0 Å². The van der Waals surface area contributed by atoms with Crippen LogP contribution in [0.15, 0.2) is 48.2 Å². The molecule has 0 saturated heterocycles. The highest BCUT2D eigenvalue weighted by Crippen LogP contribution is 2.01. The van der Waals surface area contributed by atoms with E-state index in [9.17, 15) is 10.1 Å². The lowest BCUT2D eigenvalue weighted by Crippen LogP contribution is -1.94. The van der Waals surface area contributed by atoms with Crippen LogP contribution in [0.3, 0.4) is 0 Å².